The summed E-state index contributed by atoms with van der Waals surface area (Å²) in [4.78, 5) is 39.8. The van der Waals surface area contributed by atoms with Crippen molar-refractivity contribution < 1.29 is 9.59 Å². The molecule has 1 aromatic heterocycles. The minimum Gasteiger partial charge on any atom is -0.366 e. The second-order valence-corrected chi connectivity index (χ2v) is 6.54. The number of carbonyl (C=O) groups is 2. The van der Waals surface area contributed by atoms with E-state index in [1.54, 1.807) is 42.0 Å². The van der Waals surface area contributed by atoms with E-state index >= 15 is 0 Å². The number of rotatable bonds is 4. The lowest BCUT2D eigenvalue weighted by Crippen LogP contribution is -2.28. The lowest BCUT2D eigenvalue weighted by atomic mass is 10.2. The number of nitrogens with two attached hydrogens (primary N) is 1. The fraction of sp³-hybridized carbons (Fsp3) is 0.250. The Morgan fingerprint density at radius 2 is 2.08 bits per heavy atom. The van der Waals surface area contributed by atoms with Crippen LogP contribution < -0.4 is 16.6 Å². The molecule has 1 atom stereocenters. The molecular weight excluding hydrogens is 328 g/mol. The number of aryl methyl sites for hydroxylation is 1. The van der Waals surface area contributed by atoms with Gasteiger partial charge in [-0.25, -0.2) is 4.98 Å². The Morgan fingerprint density at radius 1 is 1.38 bits per heavy atom. The summed E-state index contributed by atoms with van der Waals surface area (Å²) in [5, 5.41) is 3.41. The third-order valence-electron chi connectivity index (χ3n) is 3.78. The van der Waals surface area contributed by atoms with Crippen LogP contribution in [-0.2, 0) is 4.79 Å². The molecule has 0 saturated heterocycles. The van der Waals surface area contributed by atoms with E-state index in [1.165, 1.54) is 11.8 Å². The standard InChI is InChI=1S/C16H16N4O3S/c1-9-7-18-16-20(15(9)23)12(8-24-16)6-13(21)19-11-4-2-10(3-5-11)14(17)22/h2-5,7,12H,6,8H2,1H3,(H2,17,22)(H,19,21)/t12-/m0/s1. The van der Waals surface area contributed by atoms with Gasteiger partial charge in [0.2, 0.25) is 11.8 Å². The molecular formula is C16H16N4O3S. The van der Waals surface area contributed by atoms with E-state index in [0.29, 0.717) is 27.7 Å². The summed E-state index contributed by atoms with van der Waals surface area (Å²) >= 11 is 1.47. The Bertz CT molecular complexity index is 861. The molecule has 0 spiro atoms. The van der Waals surface area contributed by atoms with Gasteiger partial charge >= 0.3 is 0 Å². The molecule has 0 fully saturated rings. The fourth-order valence-electron chi connectivity index (χ4n) is 2.51. The predicted octanol–water partition coefficient (Wildman–Crippen LogP) is 1.33. The van der Waals surface area contributed by atoms with Gasteiger partial charge in [0.15, 0.2) is 5.16 Å². The third kappa shape index (κ3) is 3.18. The molecule has 0 radical (unpaired) electrons. The van der Waals surface area contributed by atoms with E-state index in [0.717, 1.165) is 0 Å². The van der Waals surface area contributed by atoms with Crippen LogP contribution in [0.15, 0.2) is 40.4 Å². The smallest absolute Gasteiger partial charge is 0.257 e. The molecule has 1 aliphatic rings. The second-order valence-electron chi connectivity index (χ2n) is 5.56. The van der Waals surface area contributed by atoms with E-state index in [1.807, 2.05) is 0 Å². The summed E-state index contributed by atoms with van der Waals surface area (Å²) < 4.78 is 1.59. The maximum absolute atomic E-state index is 12.2. The first-order valence-electron chi connectivity index (χ1n) is 7.36. The zero-order valence-electron chi connectivity index (χ0n) is 13.0. The molecule has 0 saturated carbocycles. The largest absolute Gasteiger partial charge is 0.366 e. The highest BCUT2D eigenvalue weighted by atomic mass is 32.2. The summed E-state index contributed by atoms with van der Waals surface area (Å²) in [5.74, 6) is -0.0805. The van der Waals surface area contributed by atoms with Crippen LogP contribution in [0.5, 0.6) is 0 Å². The van der Waals surface area contributed by atoms with Gasteiger partial charge in [0.25, 0.3) is 5.56 Å². The Kier molecular flexibility index (Phi) is 4.39. The highest BCUT2D eigenvalue weighted by Crippen LogP contribution is 2.32. The SMILES string of the molecule is Cc1cnc2n(c1=O)[C@@H](CC(=O)Nc1ccc(C(N)=O)cc1)CS2. The first kappa shape index (κ1) is 16.3. The molecule has 2 aromatic rings. The van der Waals surface area contributed by atoms with Crippen molar-refractivity contribution in [3.05, 3.63) is 51.9 Å². The zero-order valence-corrected chi connectivity index (χ0v) is 13.8. The molecule has 8 heteroatoms. The van der Waals surface area contributed by atoms with Gasteiger partial charge in [-0.05, 0) is 31.2 Å². The highest BCUT2D eigenvalue weighted by Gasteiger charge is 2.27. The van der Waals surface area contributed by atoms with Crippen LogP contribution in [0, 0.1) is 6.92 Å². The average Bonchev–Trinajstić information content (AvgIpc) is 2.95. The Hall–Kier alpha value is -2.61. The fourth-order valence-corrected chi connectivity index (χ4v) is 3.62. The van der Waals surface area contributed by atoms with E-state index in [4.69, 9.17) is 5.73 Å². The first-order chi connectivity index (χ1) is 11.5. The number of thioether (sulfide) groups is 1. The monoisotopic (exact) mass is 344 g/mol. The van der Waals surface area contributed by atoms with Crippen LogP contribution in [0.25, 0.3) is 0 Å². The minimum atomic E-state index is -0.519. The number of nitrogens with zero attached hydrogens (tertiary/aromatic N) is 2. The number of nitrogens with one attached hydrogen (secondary N) is 1. The lowest BCUT2D eigenvalue weighted by Gasteiger charge is -2.13. The van der Waals surface area contributed by atoms with Gasteiger partial charge in [0.05, 0.1) is 6.04 Å². The molecule has 24 heavy (non-hydrogen) atoms. The summed E-state index contributed by atoms with van der Waals surface area (Å²) in [6, 6.07) is 6.13. The zero-order chi connectivity index (χ0) is 17.3. The number of aromatic nitrogens is 2. The lowest BCUT2D eigenvalue weighted by molar-refractivity contribution is -0.116. The quantitative estimate of drug-likeness (QED) is 0.814. The molecule has 1 aromatic carbocycles. The minimum absolute atomic E-state index is 0.103. The van der Waals surface area contributed by atoms with Crippen molar-refractivity contribution in [3.63, 3.8) is 0 Å². The van der Waals surface area contributed by atoms with Gasteiger partial charge in [-0.15, -0.1) is 0 Å². The molecule has 2 heterocycles. The van der Waals surface area contributed by atoms with Crippen molar-refractivity contribution in [3.8, 4) is 0 Å². The number of benzene rings is 1. The molecule has 7 nitrogen and oxygen atoms in total. The highest BCUT2D eigenvalue weighted by molar-refractivity contribution is 7.99. The average molecular weight is 344 g/mol. The van der Waals surface area contributed by atoms with Gasteiger partial charge < -0.3 is 11.1 Å². The van der Waals surface area contributed by atoms with E-state index < -0.39 is 5.91 Å². The maximum Gasteiger partial charge on any atom is 0.257 e. The number of fused-ring (bicyclic) bond motifs is 1. The number of primary amides is 1. The number of anilines is 1. The number of carbonyl (C=O) groups excluding carboxylic acids is 2. The predicted molar refractivity (Wildman–Crippen MR) is 91.2 cm³/mol. The molecule has 124 valence electrons. The number of hydrogen-bond acceptors (Lipinski definition) is 5. The topological polar surface area (TPSA) is 107 Å². The van der Waals surface area contributed by atoms with Gasteiger partial charge in [-0.2, -0.15) is 0 Å². The first-order valence-corrected chi connectivity index (χ1v) is 8.35. The summed E-state index contributed by atoms with van der Waals surface area (Å²) in [6.45, 7) is 1.71. The molecule has 3 rings (SSSR count). The number of hydrogen-bond donors (Lipinski definition) is 2. The summed E-state index contributed by atoms with van der Waals surface area (Å²) in [6.07, 6.45) is 1.74. The van der Waals surface area contributed by atoms with Gasteiger partial charge in [0, 0.05) is 35.2 Å². The summed E-state index contributed by atoms with van der Waals surface area (Å²) in [5.41, 5.74) is 6.59. The third-order valence-corrected chi connectivity index (χ3v) is 4.89. The van der Waals surface area contributed by atoms with Crippen molar-refractivity contribution in [1.82, 2.24) is 9.55 Å². The maximum atomic E-state index is 12.2. The molecule has 0 aliphatic carbocycles. The van der Waals surface area contributed by atoms with Crippen molar-refractivity contribution in [2.75, 3.05) is 11.1 Å². The molecule has 0 unspecified atom stereocenters. The Labute approximate surface area is 142 Å². The van der Waals surface area contributed by atoms with Gasteiger partial charge in [-0.1, -0.05) is 11.8 Å². The Balaban J connectivity index is 1.70. The molecule has 1 aliphatic heterocycles. The van der Waals surface area contributed by atoms with E-state index in [2.05, 4.69) is 10.3 Å². The van der Waals surface area contributed by atoms with E-state index in [-0.39, 0.29) is 23.9 Å². The van der Waals surface area contributed by atoms with Crippen LogP contribution in [0.3, 0.4) is 0 Å². The molecule has 2 amide bonds. The van der Waals surface area contributed by atoms with Crippen LogP contribution in [0.4, 0.5) is 5.69 Å². The van der Waals surface area contributed by atoms with Crippen LogP contribution >= 0.6 is 11.8 Å². The molecule has 0 bridgehead atoms. The Morgan fingerprint density at radius 3 is 2.75 bits per heavy atom. The van der Waals surface area contributed by atoms with Crippen LogP contribution in [0.1, 0.15) is 28.4 Å². The normalized spacial score (nSPS) is 15.8. The van der Waals surface area contributed by atoms with Crippen molar-refractivity contribution in [1.29, 1.82) is 0 Å². The van der Waals surface area contributed by atoms with E-state index in [9.17, 15) is 14.4 Å². The van der Waals surface area contributed by atoms with Crippen molar-refractivity contribution >= 4 is 29.3 Å². The van der Waals surface area contributed by atoms with Gasteiger partial charge in [0.1, 0.15) is 0 Å². The van der Waals surface area contributed by atoms with Crippen molar-refractivity contribution in [2.45, 2.75) is 24.5 Å². The van der Waals surface area contributed by atoms with Crippen molar-refractivity contribution in [2.24, 2.45) is 5.73 Å². The van der Waals surface area contributed by atoms with Crippen LogP contribution in [-0.4, -0.2) is 27.1 Å². The summed E-state index contributed by atoms with van der Waals surface area (Å²) in [7, 11) is 0. The molecule has 3 N–H and O–H groups in total. The second kappa shape index (κ2) is 6.48. The number of amides is 2. The van der Waals surface area contributed by atoms with Gasteiger partial charge in [-0.3, -0.25) is 19.0 Å². The van der Waals surface area contributed by atoms with Crippen LogP contribution in [0.2, 0.25) is 0 Å².